The quantitative estimate of drug-likeness (QED) is 0.757. The van der Waals surface area contributed by atoms with Gasteiger partial charge in [-0.2, -0.15) is 0 Å². The van der Waals surface area contributed by atoms with Gasteiger partial charge in [-0.3, -0.25) is 0 Å². The predicted molar refractivity (Wildman–Crippen MR) is 64.5 cm³/mol. The summed E-state index contributed by atoms with van der Waals surface area (Å²) in [4.78, 5) is 0. The number of aromatic hydroxyl groups is 1. The van der Waals surface area contributed by atoms with E-state index in [1.54, 1.807) is 31.4 Å². The smallest absolute Gasteiger partial charge is 0.126 e. The van der Waals surface area contributed by atoms with Crippen LogP contribution in [-0.4, -0.2) is 12.2 Å². The van der Waals surface area contributed by atoms with Crippen LogP contribution in [-0.2, 0) is 0 Å². The predicted octanol–water partition coefficient (Wildman–Crippen LogP) is 2.65. The van der Waals surface area contributed by atoms with E-state index in [0.717, 1.165) is 16.9 Å². The van der Waals surface area contributed by atoms with Gasteiger partial charge < -0.3 is 15.6 Å². The molecule has 0 fully saturated rings. The summed E-state index contributed by atoms with van der Waals surface area (Å²) in [6.45, 7) is 0. The van der Waals surface area contributed by atoms with Crippen molar-refractivity contribution in [3.05, 3.63) is 42.5 Å². The number of hydrogen-bond acceptors (Lipinski definition) is 3. The fourth-order valence-electron chi connectivity index (χ4n) is 1.62. The molecule has 3 nitrogen and oxygen atoms in total. The lowest BCUT2D eigenvalue weighted by atomic mass is 10.0. The minimum absolute atomic E-state index is 0.224. The molecule has 0 amide bonds. The Hall–Kier alpha value is -2.16. The molecule has 0 aromatic heterocycles. The molecule has 0 spiro atoms. The van der Waals surface area contributed by atoms with Crippen LogP contribution >= 0.6 is 0 Å². The van der Waals surface area contributed by atoms with Crippen LogP contribution in [0.1, 0.15) is 0 Å². The second kappa shape index (κ2) is 4.14. The molecule has 2 rings (SSSR count). The number of nitrogens with two attached hydrogens (primary N) is 1. The summed E-state index contributed by atoms with van der Waals surface area (Å²) in [6, 6.07) is 12.4. The Morgan fingerprint density at radius 1 is 1.12 bits per heavy atom. The third kappa shape index (κ3) is 1.93. The van der Waals surface area contributed by atoms with Crippen molar-refractivity contribution in [3.63, 3.8) is 0 Å². The Morgan fingerprint density at radius 2 is 1.94 bits per heavy atom. The molecule has 0 saturated carbocycles. The maximum atomic E-state index is 9.44. The van der Waals surface area contributed by atoms with Gasteiger partial charge in [-0.25, -0.2) is 0 Å². The van der Waals surface area contributed by atoms with Crippen molar-refractivity contribution in [2.45, 2.75) is 0 Å². The van der Waals surface area contributed by atoms with Crippen molar-refractivity contribution in [3.8, 4) is 22.6 Å². The Balaban J connectivity index is 2.58. The van der Waals surface area contributed by atoms with E-state index in [0.29, 0.717) is 5.69 Å². The van der Waals surface area contributed by atoms with E-state index >= 15 is 0 Å². The zero-order chi connectivity index (χ0) is 11.5. The molecule has 16 heavy (non-hydrogen) atoms. The number of hydrogen-bond donors (Lipinski definition) is 2. The number of methoxy groups -OCH3 is 1. The first kappa shape index (κ1) is 10.4. The number of benzene rings is 2. The normalized spacial score (nSPS) is 10.1. The van der Waals surface area contributed by atoms with Gasteiger partial charge in [-0.1, -0.05) is 12.1 Å². The Morgan fingerprint density at radius 3 is 2.62 bits per heavy atom. The number of rotatable bonds is 2. The minimum Gasteiger partial charge on any atom is -0.508 e. The van der Waals surface area contributed by atoms with E-state index in [1.165, 1.54) is 0 Å². The maximum absolute atomic E-state index is 9.44. The van der Waals surface area contributed by atoms with Crippen LogP contribution in [0.3, 0.4) is 0 Å². The van der Waals surface area contributed by atoms with Gasteiger partial charge >= 0.3 is 0 Å². The molecule has 3 heteroatoms. The number of nitrogen functional groups attached to an aromatic ring is 1. The summed E-state index contributed by atoms with van der Waals surface area (Å²) in [6.07, 6.45) is 0. The average Bonchev–Trinajstić information content (AvgIpc) is 2.29. The molecule has 2 aromatic carbocycles. The summed E-state index contributed by atoms with van der Waals surface area (Å²) >= 11 is 0. The second-order valence-electron chi connectivity index (χ2n) is 3.51. The number of ether oxygens (including phenoxy) is 1. The van der Waals surface area contributed by atoms with E-state index in [4.69, 9.17) is 10.5 Å². The minimum atomic E-state index is 0.224. The van der Waals surface area contributed by atoms with Gasteiger partial charge in [0.05, 0.1) is 7.11 Å². The standard InChI is InChI=1S/C13H13NO2/c1-16-13-6-5-10(14)8-12(13)9-3-2-4-11(15)7-9/h2-8,15H,14H2,1H3. The van der Waals surface area contributed by atoms with E-state index < -0.39 is 0 Å². The Bertz CT molecular complexity index is 509. The highest BCUT2D eigenvalue weighted by atomic mass is 16.5. The number of phenolic OH excluding ortho intramolecular Hbond substituents is 1. The highest BCUT2D eigenvalue weighted by Gasteiger charge is 2.06. The molecule has 0 radical (unpaired) electrons. The molecule has 2 aromatic rings. The third-order valence-corrected chi connectivity index (χ3v) is 2.38. The molecule has 0 aliphatic carbocycles. The average molecular weight is 215 g/mol. The highest BCUT2D eigenvalue weighted by Crippen LogP contribution is 2.33. The molecule has 0 aliphatic heterocycles. The van der Waals surface area contributed by atoms with Gasteiger partial charge in [0.15, 0.2) is 0 Å². The lowest BCUT2D eigenvalue weighted by Crippen LogP contribution is -1.91. The second-order valence-corrected chi connectivity index (χ2v) is 3.51. The molecule has 3 N–H and O–H groups in total. The zero-order valence-electron chi connectivity index (χ0n) is 8.97. The Kier molecular flexibility index (Phi) is 2.68. The summed E-state index contributed by atoms with van der Waals surface area (Å²) in [5.74, 6) is 0.960. The summed E-state index contributed by atoms with van der Waals surface area (Å²) in [7, 11) is 1.61. The molecular formula is C13H13NO2. The van der Waals surface area contributed by atoms with E-state index in [1.807, 2.05) is 18.2 Å². The zero-order valence-corrected chi connectivity index (χ0v) is 8.97. The van der Waals surface area contributed by atoms with Crippen LogP contribution in [0, 0.1) is 0 Å². The maximum Gasteiger partial charge on any atom is 0.126 e. The van der Waals surface area contributed by atoms with Crippen molar-refractivity contribution < 1.29 is 9.84 Å². The van der Waals surface area contributed by atoms with Crippen molar-refractivity contribution in [1.82, 2.24) is 0 Å². The van der Waals surface area contributed by atoms with E-state index in [-0.39, 0.29) is 5.75 Å². The van der Waals surface area contributed by atoms with Crippen molar-refractivity contribution >= 4 is 5.69 Å². The molecular weight excluding hydrogens is 202 g/mol. The van der Waals surface area contributed by atoms with Gasteiger partial charge in [-0.15, -0.1) is 0 Å². The first-order valence-corrected chi connectivity index (χ1v) is 4.93. The third-order valence-electron chi connectivity index (χ3n) is 2.38. The highest BCUT2D eigenvalue weighted by molar-refractivity contribution is 5.74. The van der Waals surface area contributed by atoms with Crippen LogP contribution in [0.2, 0.25) is 0 Å². The molecule has 0 aliphatic rings. The van der Waals surface area contributed by atoms with Gasteiger partial charge in [0.1, 0.15) is 11.5 Å². The molecule has 0 unspecified atom stereocenters. The van der Waals surface area contributed by atoms with E-state index in [2.05, 4.69) is 0 Å². The molecule has 0 atom stereocenters. The van der Waals surface area contributed by atoms with Crippen molar-refractivity contribution in [2.75, 3.05) is 12.8 Å². The van der Waals surface area contributed by atoms with Crippen LogP contribution in [0.25, 0.3) is 11.1 Å². The summed E-state index contributed by atoms with van der Waals surface area (Å²) in [5.41, 5.74) is 8.16. The van der Waals surface area contributed by atoms with Gasteiger partial charge in [-0.05, 0) is 35.9 Å². The lowest BCUT2D eigenvalue weighted by molar-refractivity contribution is 0.416. The first-order valence-electron chi connectivity index (χ1n) is 4.93. The fraction of sp³-hybridized carbons (Fsp3) is 0.0769. The van der Waals surface area contributed by atoms with Gasteiger partial charge in [0.2, 0.25) is 0 Å². The monoisotopic (exact) mass is 215 g/mol. The SMILES string of the molecule is COc1ccc(N)cc1-c1cccc(O)c1. The number of phenols is 1. The fourth-order valence-corrected chi connectivity index (χ4v) is 1.62. The van der Waals surface area contributed by atoms with Crippen molar-refractivity contribution in [1.29, 1.82) is 0 Å². The Labute approximate surface area is 94.1 Å². The topological polar surface area (TPSA) is 55.5 Å². The lowest BCUT2D eigenvalue weighted by Gasteiger charge is -2.09. The molecule has 82 valence electrons. The van der Waals surface area contributed by atoms with Gasteiger partial charge in [0.25, 0.3) is 0 Å². The molecule has 0 bridgehead atoms. The molecule has 0 heterocycles. The largest absolute Gasteiger partial charge is 0.508 e. The van der Waals surface area contributed by atoms with Crippen LogP contribution in [0.5, 0.6) is 11.5 Å². The van der Waals surface area contributed by atoms with Gasteiger partial charge in [0, 0.05) is 11.3 Å². The summed E-state index contributed by atoms with van der Waals surface area (Å²) < 4.78 is 5.26. The summed E-state index contributed by atoms with van der Waals surface area (Å²) in [5, 5.41) is 9.44. The van der Waals surface area contributed by atoms with Crippen LogP contribution in [0.15, 0.2) is 42.5 Å². The van der Waals surface area contributed by atoms with Crippen molar-refractivity contribution in [2.24, 2.45) is 0 Å². The van der Waals surface area contributed by atoms with Crippen LogP contribution in [0.4, 0.5) is 5.69 Å². The van der Waals surface area contributed by atoms with E-state index in [9.17, 15) is 5.11 Å². The first-order chi connectivity index (χ1) is 7.70. The van der Waals surface area contributed by atoms with Crippen LogP contribution < -0.4 is 10.5 Å². The number of anilines is 1. The molecule has 0 saturated heterocycles.